The van der Waals surface area contributed by atoms with Gasteiger partial charge in [-0.25, -0.2) is 0 Å². The first-order chi connectivity index (χ1) is 6.00. The van der Waals surface area contributed by atoms with Gasteiger partial charge in [-0.05, 0) is 13.8 Å². The summed E-state index contributed by atoms with van der Waals surface area (Å²) in [5.41, 5.74) is 0. The zero-order valence-electron chi connectivity index (χ0n) is 7.93. The van der Waals surface area contributed by atoms with Crippen LogP contribution in [0.25, 0.3) is 0 Å². The van der Waals surface area contributed by atoms with E-state index in [1.54, 1.807) is 19.9 Å². The minimum Gasteiger partial charge on any atom is -0.394 e. The number of aliphatic hydroxyl groups is 2. The quantitative estimate of drug-likeness (QED) is 0.614. The van der Waals surface area contributed by atoms with Gasteiger partial charge in [-0.1, -0.05) is 6.08 Å². The Hall–Kier alpha value is -0.420. The van der Waals surface area contributed by atoms with E-state index >= 15 is 0 Å². The number of aliphatic hydroxyl groups excluding tert-OH is 2. The molecule has 0 radical (unpaired) electrons. The van der Waals surface area contributed by atoms with Crippen LogP contribution in [0.4, 0.5) is 0 Å². The van der Waals surface area contributed by atoms with Gasteiger partial charge in [0.1, 0.15) is 18.3 Å². The van der Waals surface area contributed by atoms with Crippen LogP contribution in [-0.4, -0.2) is 40.9 Å². The fourth-order valence-electron chi connectivity index (χ4n) is 1.40. The van der Waals surface area contributed by atoms with E-state index in [0.29, 0.717) is 0 Å². The molecule has 0 aromatic heterocycles. The van der Waals surface area contributed by atoms with Gasteiger partial charge in [-0.2, -0.15) is 0 Å². The molecule has 4 heteroatoms. The van der Waals surface area contributed by atoms with Crippen LogP contribution < -0.4 is 0 Å². The third-order valence-corrected chi connectivity index (χ3v) is 1.96. The van der Waals surface area contributed by atoms with Crippen molar-refractivity contribution in [1.29, 1.82) is 0 Å². The van der Waals surface area contributed by atoms with Crippen LogP contribution in [-0.2, 0) is 9.47 Å². The number of hydrogen-bond acceptors (Lipinski definition) is 4. The Balaban J connectivity index is 2.68. The number of rotatable bonds is 3. The summed E-state index contributed by atoms with van der Waals surface area (Å²) in [6, 6.07) is 0. The van der Waals surface area contributed by atoms with Gasteiger partial charge in [0.25, 0.3) is 0 Å². The smallest absolute Gasteiger partial charge is 0.164 e. The first-order valence-corrected chi connectivity index (χ1v) is 4.27. The molecule has 76 valence electrons. The molecular weight excluding hydrogens is 172 g/mol. The second kappa shape index (κ2) is 3.75. The van der Waals surface area contributed by atoms with Crippen molar-refractivity contribution in [3.05, 3.63) is 12.7 Å². The molecule has 1 heterocycles. The predicted molar refractivity (Wildman–Crippen MR) is 47.1 cm³/mol. The van der Waals surface area contributed by atoms with Crippen LogP contribution in [0.1, 0.15) is 13.8 Å². The highest BCUT2D eigenvalue weighted by Crippen LogP contribution is 2.30. The summed E-state index contributed by atoms with van der Waals surface area (Å²) in [6.07, 6.45) is -0.252. The largest absolute Gasteiger partial charge is 0.394 e. The summed E-state index contributed by atoms with van der Waals surface area (Å²) in [5.74, 6) is -0.723. The van der Waals surface area contributed by atoms with Crippen LogP contribution in [0.2, 0.25) is 0 Å². The van der Waals surface area contributed by atoms with Crippen molar-refractivity contribution >= 4 is 0 Å². The minimum atomic E-state index is -0.926. The molecule has 3 atom stereocenters. The summed E-state index contributed by atoms with van der Waals surface area (Å²) < 4.78 is 10.8. The monoisotopic (exact) mass is 188 g/mol. The zero-order chi connectivity index (χ0) is 10.1. The second-order valence-electron chi connectivity index (χ2n) is 3.55. The maximum absolute atomic E-state index is 9.39. The second-order valence-corrected chi connectivity index (χ2v) is 3.55. The lowest BCUT2D eigenvalue weighted by atomic mass is 10.1. The van der Waals surface area contributed by atoms with Crippen molar-refractivity contribution in [2.24, 2.45) is 0 Å². The lowest BCUT2D eigenvalue weighted by molar-refractivity contribution is -0.155. The maximum atomic E-state index is 9.39. The van der Waals surface area contributed by atoms with Crippen molar-refractivity contribution in [2.45, 2.75) is 37.9 Å². The fourth-order valence-corrected chi connectivity index (χ4v) is 1.40. The van der Waals surface area contributed by atoms with Crippen molar-refractivity contribution < 1.29 is 19.7 Å². The molecule has 0 saturated carbocycles. The predicted octanol–water partition coefficient (Wildman–Crippen LogP) is 0.0457. The van der Waals surface area contributed by atoms with Crippen LogP contribution in [0, 0.1) is 0 Å². The van der Waals surface area contributed by atoms with E-state index in [0.717, 1.165) is 0 Å². The van der Waals surface area contributed by atoms with Gasteiger partial charge in [0.15, 0.2) is 5.79 Å². The SMILES string of the molecule is C=C[C@H]1OC(C)(C)O[C@H]1[C@@H](O)CO. The molecule has 0 aromatic carbocycles. The van der Waals surface area contributed by atoms with Crippen LogP contribution in [0.3, 0.4) is 0 Å². The molecule has 1 aliphatic rings. The topological polar surface area (TPSA) is 58.9 Å². The molecule has 13 heavy (non-hydrogen) atoms. The Kier molecular flexibility index (Phi) is 3.08. The van der Waals surface area contributed by atoms with Gasteiger partial charge in [0.2, 0.25) is 0 Å². The molecule has 0 bridgehead atoms. The average molecular weight is 188 g/mol. The first kappa shape index (κ1) is 10.7. The van der Waals surface area contributed by atoms with Gasteiger partial charge in [-0.15, -0.1) is 6.58 Å². The summed E-state index contributed by atoms with van der Waals surface area (Å²) in [6.45, 7) is 6.75. The summed E-state index contributed by atoms with van der Waals surface area (Å²) in [4.78, 5) is 0. The molecule has 4 nitrogen and oxygen atoms in total. The third-order valence-electron chi connectivity index (χ3n) is 1.96. The van der Waals surface area contributed by atoms with E-state index in [-0.39, 0.29) is 12.7 Å². The molecule has 1 fully saturated rings. The molecule has 0 aliphatic carbocycles. The molecule has 0 aromatic rings. The summed E-state index contributed by atoms with van der Waals surface area (Å²) in [7, 11) is 0. The zero-order valence-corrected chi connectivity index (χ0v) is 7.93. The average Bonchev–Trinajstić information content (AvgIpc) is 2.39. The van der Waals surface area contributed by atoms with Crippen molar-refractivity contribution in [2.75, 3.05) is 6.61 Å². The van der Waals surface area contributed by atoms with Crippen molar-refractivity contribution in [1.82, 2.24) is 0 Å². The van der Waals surface area contributed by atoms with Crippen LogP contribution in [0.15, 0.2) is 12.7 Å². The van der Waals surface area contributed by atoms with Crippen LogP contribution in [0.5, 0.6) is 0 Å². The highest BCUT2D eigenvalue weighted by molar-refractivity contribution is 4.96. The van der Waals surface area contributed by atoms with E-state index < -0.39 is 18.0 Å². The van der Waals surface area contributed by atoms with E-state index in [1.165, 1.54) is 0 Å². The maximum Gasteiger partial charge on any atom is 0.164 e. The Morgan fingerprint density at radius 3 is 2.62 bits per heavy atom. The molecule has 1 rings (SSSR count). The number of ether oxygens (including phenoxy) is 2. The lowest BCUT2D eigenvalue weighted by Gasteiger charge is -2.19. The standard InChI is InChI=1S/C9H16O4/c1-4-7-8(6(11)5-10)13-9(2,3)12-7/h4,6-8,10-11H,1,5H2,2-3H3/t6-,7+,8-/m0/s1. The van der Waals surface area contributed by atoms with Gasteiger partial charge >= 0.3 is 0 Å². The molecule has 0 unspecified atom stereocenters. The molecule has 0 spiro atoms. The Bertz CT molecular complexity index is 190. The molecule has 1 saturated heterocycles. The van der Waals surface area contributed by atoms with Gasteiger partial charge in [0, 0.05) is 0 Å². The normalized spacial score (nSPS) is 34.5. The summed E-state index contributed by atoms with van der Waals surface area (Å²) in [5, 5.41) is 18.1. The molecule has 2 N–H and O–H groups in total. The lowest BCUT2D eigenvalue weighted by Crippen LogP contribution is -2.36. The third kappa shape index (κ3) is 2.28. The van der Waals surface area contributed by atoms with Gasteiger partial charge in [-0.3, -0.25) is 0 Å². The van der Waals surface area contributed by atoms with Gasteiger partial charge < -0.3 is 19.7 Å². The Morgan fingerprint density at radius 2 is 2.15 bits per heavy atom. The van der Waals surface area contributed by atoms with Gasteiger partial charge in [0.05, 0.1) is 6.61 Å². The van der Waals surface area contributed by atoms with E-state index in [2.05, 4.69) is 6.58 Å². The van der Waals surface area contributed by atoms with E-state index in [4.69, 9.17) is 14.6 Å². The van der Waals surface area contributed by atoms with Crippen molar-refractivity contribution in [3.8, 4) is 0 Å². The van der Waals surface area contributed by atoms with Crippen molar-refractivity contribution in [3.63, 3.8) is 0 Å². The van der Waals surface area contributed by atoms with E-state index in [1.807, 2.05) is 0 Å². The minimum absolute atomic E-state index is 0.339. The molecule has 1 aliphatic heterocycles. The molecular formula is C9H16O4. The first-order valence-electron chi connectivity index (χ1n) is 4.27. The highest BCUT2D eigenvalue weighted by atomic mass is 16.8. The Morgan fingerprint density at radius 1 is 1.54 bits per heavy atom. The number of hydrogen-bond donors (Lipinski definition) is 2. The van der Waals surface area contributed by atoms with E-state index in [9.17, 15) is 5.11 Å². The van der Waals surface area contributed by atoms with Crippen LogP contribution >= 0.6 is 0 Å². The molecule has 0 amide bonds. The highest BCUT2D eigenvalue weighted by Gasteiger charge is 2.42. The summed E-state index contributed by atoms with van der Waals surface area (Å²) >= 11 is 0. The Labute approximate surface area is 77.8 Å². The fraction of sp³-hybridized carbons (Fsp3) is 0.778.